The summed E-state index contributed by atoms with van der Waals surface area (Å²) in [6.45, 7) is 5.05. The van der Waals surface area contributed by atoms with E-state index >= 15 is 0 Å². The minimum Gasteiger partial charge on any atom is -0.497 e. The van der Waals surface area contributed by atoms with Gasteiger partial charge in [-0.3, -0.25) is 0 Å². The molecule has 3 aromatic carbocycles. The second-order valence-electron chi connectivity index (χ2n) is 11.2. The molecule has 0 saturated heterocycles. The van der Waals surface area contributed by atoms with Gasteiger partial charge in [0.2, 0.25) is 0 Å². The number of carbonyl (C=O) groups excluding carboxylic acids is 1. The lowest BCUT2D eigenvalue weighted by molar-refractivity contribution is 0.0734. The van der Waals surface area contributed by atoms with E-state index in [-0.39, 0.29) is 0 Å². The normalized spacial score (nSPS) is 11.1. The molecule has 0 radical (unpaired) electrons. The van der Waals surface area contributed by atoms with Crippen molar-refractivity contribution in [2.75, 3.05) is 13.7 Å². The Morgan fingerprint density at radius 3 is 1.70 bits per heavy atom. The van der Waals surface area contributed by atoms with Gasteiger partial charge in [0.1, 0.15) is 17.2 Å². The molecule has 0 heterocycles. The second-order valence-corrected chi connectivity index (χ2v) is 11.2. The molecule has 0 saturated carbocycles. The van der Waals surface area contributed by atoms with Crippen LogP contribution in [0.4, 0.5) is 11.4 Å². The summed E-state index contributed by atoms with van der Waals surface area (Å²) in [5.74, 6) is 1.62. The fraction of sp³-hybridized carbons (Fsp3) is 0.486. The molecular formula is C37H50N2O4. The van der Waals surface area contributed by atoms with Gasteiger partial charge in [-0.1, -0.05) is 90.4 Å². The van der Waals surface area contributed by atoms with Gasteiger partial charge >= 0.3 is 5.97 Å². The monoisotopic (exact) mass is 586 g/mol. The summed E-state index contributed by atoms with van der Waals surface area (Å²) < 4.78 is 16.6. The van der Waals surface area contributed by atoms with Gasteiger partial charge in [-0.05, 0) is 85.6 Å². The first-order chi connectivity index (χ1) is 21.1. The third kappa shape index (κ3) is 13.5. The zero-order valence-electron chi connectivity index (χ0n) is 26.5. The van der Waals surface area contributed by atoms with Crippen molar-refractivity contribution in [3.8, 4) is 17.2 Å². The van der Waals surface area contributed by atoms with Crippen LogP contribution in [0.25, 0.3) is 0 Å². The third-order valence-corrected chi connectivity index (χ3v) is 7.57. The fourth-order valence-electron chi connectivity index (χ4n) is 4.93. The summed E-state index contributed by atoms with van der Waals surface area (Å²) in [4.78, 5) is 12.4. The molecule has 0 aliphatic rings. The first kappa shape index (κ1) is 33.8. The summed E-state index contributed by atoms with van der Waals surface area (Å²) >= 11 is 0. The summed E-state index contributed by atoms with van der Waals surface area (Å²) in [5.41, 5.74) is 2.88. The summed E-state index contributed by atoms with van der Waals surface area (Å²) in [5, 5.41) is 8.67. The van der Waals surface area contributed by atoms with Gasteiger partial charge in [0.05, 0.1) is 30.7 Å². The maximum atomic E-state index is 12.4. The largest absolute Gasteiger partial charge is 0.497 e. The van der Waals surface area contributed by atoms with Crippen molar-refractivity contribution in [3.05, 3.63) is 77.9 Å². The molecule has 0 aliphatic heterocycles. The van der Waals surface area contributed by atoms with Gasteiger partial charge in [0.25, 0.3) is 0 Å². The first-order valence-corrected chi connectivity index (χ1v) is 16.2. The average Bonchev–Trinajstić information content (AvgIpc) is 3.03. The third-order valence-electron chi connectivity index (χ3n) is 7.57. The summed E-state index contributed by atoms with van der Waals surface area (Å²) in [6, 6.07) is 19.6. The van der Waals surface area contributed by atoms with Crippen LogP contribution in [0.5, 0.6) is 17.2 Å². The number of unbranched alkanes of at least 4 members (excludes halogenated alkanes) is 13. The van der Waals surface area contributed by atoms with Crippen LogP contribution in [-0.4, -0.2) is 19.7 Å². The molecule has 43 heavy (non-hydrogen) atoms. The minimum atomic E-state index is -0.436. The van der Waals surface area contributed by atoms with E-state index in [0.717, 1.165) is 30.0 Å². The van der Waals surface area contributed by atoms with Crippen molar-refractivity contribution in [3.63, 3.8) is 0 Å². The molecule has 3 aromatic rings. The van der Waals surface area contributed by atoms with Crippen molar-refractivity contribution in [1.82, 2.24) is 0 Å². The zero-order valence-corrected chi connectivity index (χ0v) is 26.5. The van der Waals surface area contributed by atoms with Crippen molar-refractivity contribution in [1.29, 1.82) is 0 Å². The van der Waals surface area contributed by atoms with Crippen LogP contribution in [0.3, 0.4) is 0 Å². The van der Waals surface area contributed by atoms with Crippen LogP contribution in [-0.2, 0) is 0 Å². The highest BCUT2D eigenvalue weighted by Gasteiger charge is 2.09. The number of nitrogens with zero attached hydrogens (tertiary/aromatic N) is 2. The Balaban J connectivity index is 1.29. The van der Waals surface area contributed by atoms with Crippen LogP contribution >= 0.6 is 0 Å². The Morgan fingerprint density at radius 1 is 0.628 bits per heavy atom. The standard InChI is InChI=1S/C37H50N2O4/c1-4-5-6-7-8-9-10-11-12-13-14-15-16-17-28-42-36-27-22-33(29-30(36)2)39-38-32-20-18-31(19-21-32)37(40)43-35-25-23-34(41-3)24-26-35/h18-27,29H,4-17,28H2,1-3H3. The Hall–Kier alpha value is -3.67. The molecule has 232 valence electrons. The number of esters is 1. The number of hydrogen-bond donors (Lipinski definition) is 0. The summed E-state index contributed by atoms with van der Waals surface area (Å²) in [7, 11) is 1.59. The lowest BCUT2D eigenvalue weighted by Gasteiger charge is -2.09. The van der Waals surface area contributed by atoms with Crippen LogP contribution in [0.15, 0.2) is 77.0 Å². The maximum Gasteiger partial charge on any atom is 0.343 e. The average molecular weight is 587 g/mol. The molecule has 0 fully saturated rings. The SMILES string of the molecule is CCCCCCCCCCCCCCCCOc1ccc(N=Nc2ccc(C(=O)Oc3ccc(OC)cc3)cc2)cc1C. The lowest BCUT2D eigenvalue weighted by atomic mass is 10.0. The molecule has 0 aromatic heterocycles. The van der Waals surface area contributed by atoms with E-state index in [1.165, 1.54) is 83.5 Å². The number of benzene rings is 3. The molecule has 3 rings (SSSR count). The van der Waals surface area contributed by atoms with E-state index < -0.39 is 5.97 Å². The van der Waals surface area contributed by atoms with E-state index in [0.29, 0.717) is 22.7 Å². The van der Waals surface area contributed by atoms with Crippen molar-refractivity contribution in [2.24, 2.45) is 10.2 Å². The second kappa shape index (κ2) is 20.3. The number of rotatable bonds is 21. The lowest BCUT2D eigenvalue weighted by Crippen LogP contribution is -2.07. The predicted molar refractivity (Wildman–Crippen MR) is 176 cm³/mol. The number of hydrogen-bond acceptors (Lipinski definition) is 6. The minimum absolute atomic E-state index is 0.436. The van der Waals surface area contributed by atoms with E-state index in [9.17, 15) is 4.79 Å². The Labute approximate surface area is 258 Å². The van der Waals surface area contributed by atoms with Crippen LogP contribution in [0.2, 0.25) is 0 Å². The maximum absolute atomic E-state index is 12.4. The van der Waals surface area contributed by atoms with Gasteiger partial charge in [-0.25, -0.2) is 4.79 Å². The van der Waals surface area contributed by atoms with Crippen LogP contribution < -0.4 is 14.2 Å². The van der Waals surface area contributed by atoms with Gasteiger partial charge in [-0.15, -0.1) is 0 Å². The molecule has 6 heteroatoms. The molecule has 0 amide bonds. The molecule has 6 nitrogen and oxygen atoms in total. The highest BCUT2D eigenvalue weighted by atomic mass is 16.5. The molecular weight excluding hydrogens is 536 g/mol. The number of carbonyl (C=O) groups is 1. The van der Waals surface area contributed by atoms with Crippen LogP contribution in [0.1, 0.15) is 113 Å². The number of aryl methyl sites for hydroxylation is 1. The van der Waals surface area contributed by atoms with E-state index in [2.05, 4.69) is 17.2 Å². The number of methoxy groups -OCH3 is 1. The Morgan fingerprint density at radius 2 is 1.14 bits per heavy atom. The first-order valence-electron chi connectivity index (χ1n) is 16.2. The van der Waals surface area contributed by atoms with E-state index in [1.807, 2.05) is 25.1 Å². The highest BCUT2D eigenvalue weighted by Crippen LogP contribution is 2.26. The molecule has 0 spiro atoms. The number of azo groups is 1. The highest BCUT2D eigenvalue weighted by molar-refractivity contribution is 5.91. The zero-order chi connectivity index (χ0) is 30.5. The van der Waals surface area contributed by atoms with Gasteiger partial charge in [0.15, 0.2) is 0 Å². The van der Waals surface area contributed by atoms with Crippen molar-refractivity contribution >= 4 is 17.3 Å². The Bertz CT molecular complexity index is 1220. The molecule has 0 bridgehead atoms. The topological polar surface area (TPSA) is 69.5 Å². The van der Waals surface area contributed by atoms with E-state index in [4.69, 9.17) is 14.2 Å². The molecule has 0 aliphatic carbocycles. The quantitative estimate of drug-likeness (QED) is 0.0539. The van der Waals surface area contributed by atoms with Gasteiger partial charge in [-0.2, -0.15) is 10.2 Å². The molecule has 0 atom stereocenters. The van der Waals surface area contributed by atoms with Crippen molar-refractivity contribution in [2.45, 2.75) is 104 Å². The molecule has 0 N–H and O–H groups in total. The van der Waals surface area contributed by atoms with Gasteiger partial charge in [0, 0.05) is 0 Å². The predicted octanol–water partition coefficient (Wildman–Crippen LogP) is 11.5. The van der Waals surface area contributed by atoms with Crippen LogP contribution in [0, 0.1) is 6.92 Å². The Kier molecular flexibility index (Phi) is 15.9. The van der Waals surface area contributed by atoms with Gasteiger partial charge < -0.3 is 14.2 Å². The number of ether oxygens (including phenoxy) is 3. The molecule has 0 unspecified atom stereocenters. The smallest absolute Gasteiger partial charge is 0.343 e. The van der Waals surface area contributed by atoms with Crippen molar-refractivity contribution < 1.29 is 19.0 Å². The fourth-order valence-corrected chi connectivity index (χ4v) is 4.93. The van der Waals surface area contributed by atoms with E-state index in [1.54, 1.807) is 55.6 Å². The summed E-state index contributed by atoms with van der Waals surface area (Å²) in [6.07, 6.45) is 18.9.